The Morgan fingerprint density at radius 2 is 2.14 bits per heavy atom. The summed E-state index contributed by atoms with van der Waals surface area (Å²) in [6.07, 6.45) is 4.18. The average molecular weight is 365 g/mol. The van der Waals surface area contributed by atoms with Crippen molar-refractivity contribution in [2.75, 3.05) is 13.2 Å². The van der Waals surface area contributed by atoms with Crippen LogP contribution in [-0.2, 0) is 17.9 Å². The van der Waals surface area contributed by atoms with Gasteiger partial charge in [0.25, 0.3) is 0 Å². The van der Waals surface area contributed by atoms with E-state index >= 15 is 0 Å². The zero-order valence-electron chi connectivity index (χ0n) is 12.3. The van der Waals surface area contributed by atoms with E-state index < -0.39 is 0 Å². The van der Waals surface area contributed by atoms with Gasteiger partial charge in [-0.1, -0.05) is 0 Å². The molecule has 0 bridgehead atoms. The van der Waals surface area contributed by atoms with Crippen molar-refractivity contribution in [3.63, 3.8) is 0 Å². The van der Waals surface area contributed by atoms with Crippen LogP contribution in [0.3, 0.4) is 0 Å². The number of aliphatic hydroxyl groups excluding tert-OH is 1. The topological polar surface area (TPSA) is 73.1 Å². The third-order valence-electron chi connectivity index (χ3n) is 3.43. The summed E-state index contributed by atoms with van der Waals surface area (Å²) < 4.78 is 8.47. The van der Waals surface area contributed by atoms with Gasteiger partial charge in [0.05, 0.1) is 17.2 Å². The van der Waals surface area contributed by atoms with Crippen molar-refractivity contribution in [1.29, 1.82) is 0 Å². The number of aryl methyl sites for hydroxylation is 1. The van der Waals surface area contributed by atoms with Crippen LogP contribution in [-0.4, -0.2) is 37.8 Å². The minimum atomic E-state index is 0.135. The molecule has 0 radical (unpaired) electrons. The second-order valence-electron chi connectivity index (χ2n) is 4.91. The van der Waals surface area contributed by atoms with Crippen molar-refractivity contribution in [2.24, 2.45) is 0 Å². The molecule has 6 nitrogen and oxygen atoms in total. The molecule has 3 aromatic rings. The standard InChI is InChI=1S/C15H17BrN4O2/c1-2-22-9-13-19-12-8-17-11-6-10(16)7-18-14(11)15(12)20(13)4-3-5-21/h6-8,21H,2-5,9H2,1H3. The molecule has 0 spiro atoms. The highest BCUT2D eigenvalue weighted by atomic mass is 79.9. The minimum absolute atomic E-state index is 0.135. The van der Waals surface area contributed by atoms with Crippen molar-refractivity contribution in [3.8, 4) is 0 Å². The lowest BCUT2D eigenvalue weighted by molar-refractivity contribution is 0.125. The molecule has 7 heteroatoms. The van der Waals surface area contributed by atoms with Crippen LogP contribution in [0, 0.1) is 0 Å². The van der Waals surface area contributed by atoms with Gasteiger partial charge in [-0.3, -0.25) is 9.97 Å². The maximum absolute atomic E-state index is 9.15. The molecule has 0 unspecified atom stereocenters. The monoisotopic (exact) mass is 364 g/mol. The van der Waals surface area contributed by atoms with Gasteiger partial charge in [0.1, 0.15) is 23.5 Å². The lowest BCUT2D eigenvalue weighted by atomic mass is 10.3. The van der Waals surface area contributed by atoms with Gasteiger partial charge in [0, 0.05) is 30.4 Å². The summed E-state index contributed by atoms with van der Waals surface area (Å²) in [5, 5.41) is 9.15. The van der Waals surface area contributed by atoms with E-state index in [-0.39, 0.29) is 6.61 Å². The number of aromatic nitrogens is 4. The van der Waals surface area contributed by atoms with Crippen molar-refractivity contribution in [1.82, 2.24) is 19.5 Å². The number of fused-ring (bicyclic) bond motifs is 3. The summed E-state index contributed by atoms with van der Waals surface area (Å²) in [5.74, 6) is 0.837. The Kier molecular flexibility index (Phi) is 4.66. The zero-order chi connectivity index (χ0) is 15.5. The molecule has 0 saturated carbocycles. The molecule has 0 atom stereocenters. The first-order valence-electron chi connectivity index (χ1n) is 7.22. The van der Waals surface area contributed by atoms with Crippen LogP contribution in [0.4, 0.5) is 0 Å². The Labute approximate surface area is 136 Å². The van der Waals surface area contributed by atoms with Crippen LogP contribution >= 0.6 is 15.9 Å². The molecule has 22 heavy (non-hydrogen) atoms. The lowest BCUT2D eigenvalue weighted by Crippen LogP contribution is -2.07. The first-order chi connectivity index (χ1) is 10.7. The van der Waals surface area contributed by atoms with Crippen LogP contribution in [0.2, 0.25) is 0 Å². The Bertz CT molecular complexity index is 803. The Morgan fingerprint density at radius 3 is 2.91 bits per heavy atom. The van der Waals surface area contributed by atoms with Crippen LogP contribution in [0.1, 0.15) is 19.2 Å². The average Bonchev–Trinajstić information content (AvgIpc) is 2.88. The molecule has 1 N–H and O–H groups in total. The normalized spacial score (nSPS) is 11.6. The smallest absolute Gasteiger partial charge is 0.136 e. The third kappa shape index (κ3) is 2.84. The van der Waals surface area contributed by atoms with Crippen molar-refractivity contribution >= 4 is 38.0 Å². The molecule has 0 aliphatic heterocycles. The van der Waals surface area contributed by atoms with Crippen LogP contribution in [0.15, 0.2) is 22.9 Å². The SMILES string of the molecule is CCOCc1nc2cnc3cc(Br)cnc3c2n1CCCO. The second kappa shape index (κ2) is 6.68. The third-order valence-corrected chi connectivity index (χ3v) is 3.87. The summed E-state index contributed by atoms with van der Waals surface area (Å²) in [5.41, 5.74) is 3.37. The predicted molar refractivity (Wildman–Crippen MR) is 87.6 cm³/mol. The van der Waals surface area contributed by atoms with E-state index in [0.29, 0.717) is 26.2 Å². The molecule has 3 aromatic heterocycles. The van der Waals surface area contributed by atoms with E-state index in [1.54, 1.807) is 12.4 Å². The molecule has 3 heterocycles. The maximum Gasteiger partial charge on any atom is 0.136 e. The van der Waals surface area contributed by atoms with E-state index in [4.69, 9.17) is 9.84 Å². The van der Waals surface area contributed by atoms with E-state index in [0.717, 1.165) is 32.4 Å². The Balaban J connectivity index is 2.21. The quantitative estimate of drug-likeness (QED) is 0.727. The number of aliphatic hydroxyl groups is 1. The predicted octanol–water partition coefficient (Wildman–Crippen LogP) is 2.66. The molecule has 0 fully saturated rings. The van der Waals surface area contributed by atoms with Crippen molar-refractivity contribution in [2.45, 2.75) is 26.5 Å². The van der Waals surface area contributed by atoms with Gasteiger partial charge in [-0.05, 0) is 35.3 Å². The number of pyridine rings is 2. The van der Waals surface area contributed by atoms with Gasteiger partial charge in [0.2, 0.25) is 0 Å². The minimum Gasteiger partial charge on any atom is -0.396 e. The molecule has 0 aliphatic carbocycles. The number of hydrogen-bond acceptors (Lipinski definition) is 5. The first kappa shape index (κ1) is 15.3. The number of nitrogens with zero attached hydrogens (tertiary/aromatic N) is 4. The number of imidazole rings is 1. The summed E-state index contributed by atoms with van der Waals surface area (Å²) in [6.45, 7) is 3.83. The molecule has 0 saturated heterocycles. The van der Waals surface area contributed by atoms with Crippen molar-refractivity contribution < 1.29 is 9.84 Å². The van der Waals surface area contributed by atoms with Gasteiger partial charge in [-0.2, -0.15) is 0 Å². The summed E-state index contributed by atoms with van der Waals surface area (Å²) in [4.78, 5) is 13.5. The number of halogens is 1. The largest absolute Gasteiger partial charge is 0.396 e. The highest BCUT2D eigenvalue weighted by Gasteiger charge is 2.15. The van der Waals surface area contributed by atoms with E-state index in [2.05, 4.69) is 35.4 Å². The van der Waals surface area contributed by atoms with Gasteiger partial charge < -0.3 is 14.4 Å². The first-order valence-corrected chi connectivity index (χ1v) is 8.02. The van der Waals surface area contributed by atoms with E-state index in [1.165, 1.54) is 0 Å². The fourth-order valence-corrected chi connectivity index (χ4v) is 2.79. The van der Waals surface area contributed by atoms with Crippen molar-refractivity contribution in [3.05, 3.63) is 28.8 Å². The van der Waals surface area contributed by atoms with Crippen LogP contribution in [0.5, 0.6) is 0 Å². The molecular formula is C15H17BrN4O2. The fourth-order valence-electron chi connectivity index (χ4n) is 2.47. The molecule has 116 valence electrons. The highest BCUT2D eigenvalue weighted by Crippen LogP contribution is 2.25. The molecule has 0 aromatic carbocycles. The Hall–Kier alpha value is -1.57. The van der Waals surface area contributed by atoms with E-state index in [9.17, 15) is 0 Å². The summed E-state index contributed by atoms with van der Waals surface area (Å²) >= 11 is 3.42. The zero-order valence-corrected chi connectivity index (χ0v) is 13.9. The van der Waals surface area contributed by atoms with Gasteiger partial charge in [0.15, 0.2) is 0 Å². The van der Waals surface area contributed by atoms with Gasteiger partial charge in [-0.25, -0.2) is 4.98 Å². The number of hydrogen-bond donors (Lipinski definition) is 1. The summed E-state index contributed by atoms with van der Waals surface area (Å²) in [7, 11) is 0. The molecule has 0 aliphatic rings. The number of ether oxygens (including phenoxy) is 1. The van der Waals surface area contributed by atoms with Gasteiger partial charge >= 0.3 is 0 Å². The molecular weight excluding hydrogens is 348 g/mol. The van der Waals surface area contributed by atoms with Crippen LogP contribution in [0.25, 0.3) is 22.1 Å². The molecule has 0 amide bonds. The lowest BCUT2D eigenvalue weighted by Gasteiger charge is -2.09. The Morgan fingerprint density at radius 1 is 1.27 bits per heavy atom. The fraction of sp³-hybridized carbons (Fsp3) is 0.400. The summed E-state index contributed by atoms with van der Waals surface area (Å²) in [6, 6.07) is 1.94. The second-order valence-corrected chi connectivity index (χ2v) is 5.82. The van der Waals surface area contributed by atoms with Crippen LogP contribution < -0.4 is 0 Å². The maximum atomic E-state index is 9.15. The van der Waals surface area contributed by atoms with Gasteiger partial charge in [-0.15, -0.1) is 0 Å². The highest BCUT2D eigenvalue weighted by molar-refractivity contribution is 9.10. The number of rotatable bonds is 6. The molecule has 3 rings (SSSR count). The van der Waals surface area contributed by atoms with E-state index in [1.807, 2.05) is 13.0 Å².